The summed E-state index contributed by atoms with van der Waals surface area (Å²) < 4.78 is 45.5. The quantitative estimate of drug-likeness (QED) is 0.0423. The molecule has 5 N–H and O–H groups in total. The minimum Gasteiger partial charge on any atom is -0.393 e. The summed E-state index contributed by atoms with van der Waals surface area (Å²) >= 11 is 0. The van der Waals surface area contributed by atoms with Crippen LogP contribution in [0.1, 0.15) is 153 Å². The van der Waals surface area contributed by atoms with E-state index in [0.717, 1.165) is 119 Å². The van der Waals surface area contributed by atoms with Crippen molar-refractivity contribution in [3.8, 4) is 33.5 Å². The number of rotatable bonds is 22. The van der Waals surface area contributed by atoms with Crippen LogP contribution in [0.5, 0.6) is 0 Å². The van der Waals surface area contributed by atoms with E-state index in [4.69, 9.17) is 34.2 Å². The fourth-order valence-electron chi connectivity index (χ4n) is 12.7. The van der Waals surface area contributed by atoms with Crippen LogP contribution in [0.3, 0.4) is 0 Å². The number of aryl methyl sites for hydroxylation is 1. The van der Waals surface area contributed by atoms with Crippen molar-refractivity contribution in [3.05, 3.63) is 90.9 Å². The Labute approximate surface area is 519 Å². The topological polar surface area (TPSA) is 257 Å². The summed E-state index contributed by atoms with van der Waals surface area (Å²) in [6.45, 7) is 13.0. The molecule has 1 unspecified atom stereocenters. The lowest BCUT2D eigenvalue weighted by Gasteiger charge is -2.25. The second kappa shape index (κ2) is 29.9. The highest BCUT2D eigenvalue weighted by Crippen LogP contribution is 2.41. The van der Waals surface area contributed by atoms with Gasteiger partial charge in [0.05, 0.1) is 98.4 Å². The Bertz CT molecular complexity index is 3680. The number of nitrogens with zero attached hydrogens (tertiary/aromatic N) is 15. The molecule has 480 valence electrons. The lowest BCUT2D eigenvalue weighted by molar-refractivity contribution is 0.121. The third-order valence-electron chi connectivity index (χ3n) is 17.4. The first-order chi connectivity index (χ1) is 43.1. The zero-order chi connectivity index (χ0) is 62.7. The molecule has 0 spiro atoms. The summed E-state index contributed by atoms with van der Waals surface area (Å²) in [6, 6.07) is 8.97. The number of nitrogens with one attached hydrogen (secondary N) is 3. The highest BCUT2D eigenvalue weighted by molar-refractivity contribution is 5.82. The number of halogens is 1. The molecule has 0 amide bonds. The van der Waals surface area contributed by atoms with Crippen LogP contribution >= 0.6 is 0 Å². The highest BCUT2D eigenvalue weighted by atomic mass is 19.1. The molecule has 0 aliphatic heterocycles. The fourth-order valence-corrected chi connectivity index (χ4v) is 12.7. The van der Waals surface area contributed by atoms with Crippen LogP contribution in [-0.4, -0.2) is 169 Å². The van der Waals surface area contributed by atoms with Crippen molar-refractivity contribution in [1.82, 2.24) is 73.1 Å². The van der Waals surface area contributed by atoms with Crippen LogP contribution in [-0.2, 0) is 32.5 Å². The lowest BCUT2D eigenvalue weighted by Crippen LogP contribution is -2.23. The molecular weight excluding hydrogens is 1140 g/mol. The summed E-state index contributed by atoms with van der Waals surface area (Å²) in [4.78, 5) is 13.6. The van der Waals surface area contributed by atoms with Gasteiger partial charge in [0.25, 0.3) is 0 Å². The maximum atomic E-state index is 13.7. The van der Waals surface area contributed by atoms with Crippen molar-refractivity contribution < 1.29 is 33.6 Å². The van der Waals surface area contributed by atoms with Gasteiger partial charge >= 0.3 is 0 Å². The van der Waals surface area contributed by atoms with Gasteiger partial charge in [0.2, 0.25) is 17.8 Å². The number of ether oxygens (including phenoxy) is 4. The van der Waals surface area contributed by atoms with Gasteiger partial charge < -0.3 is 45.1 Å². The van der Waals surface area contributed by atoms with Gasteiger partial charge in [-0.1, -0.05) is 19.8 Å². The number of aromatic nitrogens is 15. The van der Waals surface area contributed by atoms with Crippen molar-refractivity contribution in [2.45, 2.75) is 173 Å². The number of hydrogen-bond acceptors (Lipinski definition) is 18. The fraction of sp³-hybridized carbons (Fsp3) is 0.578. The van der Waals surface area contributed by atoms with Crippen LogP contribution in [0.25, 0.3) is 50.1 Å². The Morgan fingerprint density at radius 3 is 1.36 bits per heavy atom. The van der Waals surface area contributed by atoms with Crippen LogP contribution in [0.2, 0.25) is 0 Å². The number of methoxy groups -OCH3 is 4. The normalized spacial score (nSPS) is 21.0. The lowest BCUT2D eigenvalue weighted by atomic mass is 9.81. The molecule has 0 saturated heterocycles. The van der Waals surface area contributed by atoms with E-state index in [1.54, 1.807) is 47.0 Å². The summed E-state index contributed by atoms with van der Waals surface area (Å²) in [6.07, 6.45) is 25.1. The molecule has 3 aliphatic carbocycles. The molecule has 9 heterocycles. The monoisotopic (exact) mass is 1230 g/mol. The standard InChI is InChI=1S/C22H32N6O3.C21H29FN6O2.C21H30N6O/c1-15(14-31-3)25-22-23-12-21-19(17-11-24-27(13-17)8-9-30-2)10-20(28(21)26-22)16-4-6-18(29)7-5-16;1-13(12-30-3)25-21-23-10-20-18(16-9-24-27(11-16)14(2)22)8-19(28(20)26-21)15-4-6-17(29)7-5-15;1-14-5-7-16(8-6-14)19-11-17(18-9-10-26(3)24-18)20-12-22-21(25-27(19)20)23-15(2)13-28-4/h10-13,15-16,18,29H,4-9,14H2,1-3H3,(H,25,26);8-11,13-15,17,29H,4-7,12H2,1-3H3,(H,25,26);9-12,14-16H,5-8,13H2,1-4H3,(H,23,25)/t15-,16?,18?;13-,14?,15?,17?;14?,15-,16?/m000/s1. The van der Waals surface area contributed by atoms with Gasteiger partial charge in [0, 0.05) is 135 Å². The molecule has 12 rings (SSSR count). The van der Waals surface area contributed by atoms with E-state index in [0.29, 0.717) is 68.6 Å². The number of anilines is 3. The van der Waals surface area contributed by atoms with E-state index in [1.165, 1.54) is 43.0 Å². The third-order valence-corrected chi connectivity index (χ3v) is 17.4. The number of fused-ring (bicyclic) bond motifs is 3. The Balaban J connectivity index is 0.000000147. The number of alkyl halides is 1. The Morgan fingerprint density at radius 1 is 0.539 bits per heavy atom. The molecule has 89 heavy (non-hydrogen) atoms. The van der Waals surface area contributed by atoms with E-state index in [2.05, 4.69) is 88.8 Å². The Morgan fingerprint density at radius 2 is 0.955 bits per heavy atom. The highest BCUT2D eigenvalue weighted by Gasteiger charge is 2.30. The van der Waals surface area contributed by atoms with E-state index in [-0.39, 0.29) is 30.3 Å². The maximum absolute atomic E-state index is 13.7. The van der Waals surface area contributed by atoms with Crippen LogP contribution in [0.4, 0.5) is 22.2 Å². The second-order valence-corrected chi connectivity index (χ2v) is 24.7. The first-order valence-corrected chi connectivity index (χ1v) is 31.6. The zero-order valence-electron chi connectivity index (χ0n) is 53.3. The first kappa shape index (κ1) is 64.6. The molecule has 3 aliphatic rings. The molecule has 3 fully saturated rings. The third kappa shape index (κ3) is 15.8. The summed E-state index contributed by atoms with van der Waals surface area (Å²) in [5, 5.41) is 57.4. The molecule has 0 bridgehead atoms. The average molecular weight is 1230 g/mol. The van der Waals surface area contributed by atoms with Crippen molar-refractivity contribution in [2.75, 3.05) is 70.8 Å². The molecule has 24 nitrogen and oxygen atoms in total. The van der Waals surface area contributed by atoms with Gasteiger partial charge in [0.1, 0.15) is 0 Å². The molecule has 0 radical (unpaired) electrons. The first-order valence-electron chi connectivity index (χ1n) is 31.6. The largest absolute Gasteiger partial charge is 0.393 e. The smallest absolute Gasteiger partial charge is 0.241 e. The van der Waals surface area contributed by atoms with Crippen molar-refractivity contribution in [2.24, 2.45) is 13.0 Å². The predicted molar refractivity (Wildman–Crippen MR) is 341 cm³/mol. The predicted octanol–water partition coefficient (Wildman–Crippen LogP) is 10.1. The second-order valence-electron chi connectivity index (χ2n) is 24.7. The van der Waals surface area contributed by atoms with Crippen molar-refractivity contribution in [3.63, 3.8) is 0 Å². The molecule has 0 aromatic carbocycles. The van der Waals surface area contributed by atoms with E-state index < -0.39 is 6.30 Å². The Hall–Kier alpha value is -7.42. The van der Waals surface area contributed by atoms with Crippen molar-refractivity contribution in [1.29, 1.82) is 0 Å². The van der Waals surface area contributed by atoms with Gasteiger partial charge in [-0.05, 0) is 122 Å². The van der Waals surface area contributed by atoms with Crippen molar-refractivity contribution >= 4 is 34.4 Å². The maximum Gasteiger partial charge on any atom is 0.241 e. The van der Waals surface area contributed by atoms with Crippen LogP contribution in [0.15, 0.2) is 73.8 Å². The number of aliphatic hydroxyl groups is 2. The number of aliphatic hydroxyl groups excluding tert-OH is 2. The van der Waals surface area contributed by atoms with E-state index >= 15 is 0 Å². The van der Waals surface area contributed by atoms with Gasteiger partial charge in [-0.2, -0.15) is 15.3 Å². The number of hydrogen-bond donors (Lipinski definition) is 5. The SMILES string of the molecule is COCCn1cc(-c2cc(C3CCC(O)CC3)n3nc(N[C@@H](C)COC)ncc23)cn1.COC[C@H](C)Nc1ncc2c(-c3ccn(C)n3)cc(C3CCC(C)CC3)n2n1.COC[C@H](C)Nc1ncc2c(-c3cnn(C(C)F)c3)cc(C3CCC(O)CC3)n2n1. The summed E-state index contributed by atoms with van der Waals surface area (Å²) in [7, 11) is 8.68. The van der Waals surface area contributed by atoms with Gasteiger partial charge in [-0.25, -0.2) is 37.6 Å². The van der Waals surface area contributed by atoms with Gasteiger partial charge in [0.15, 0.2) is 6.30 Å². The molecule has 3 saturated carbocycles. The van der Waals surface area contributed by atoms with E-state index in [1.807, 2.05) is 70.3 Å². The molecule has 4 atom stereocenters. The average Bonchev–Trinajstić information content (AvgIpc) is 2.71. The molecule has 9 aromatic rings. The molecule has 25 heteroatoms. The van der Waals surface area contributed by atoms with Gasteiger partial charge in [-0.3, -0.25) is 9.36 Å². The van der Waals surface area contributed by atoms with Gasteiger partial charge in [-0.15, -0.1) is 15.3 Å². The minimum atomic E-state index is -1.19. The molecule has 9 aromatic heterocycles. The molecular formula is C64H91FN18O6. The summed E-state index contributed by atoms with van der Waals surface area (Å²) in [5.74, 6) is 3.73. The Kier molecular flexibility index (Phi) is 21.7. The van der Waals surface area contributed by atoms with E-state index in [9.17, 15) is 14.6 Å². The zero-order valence-corrected chi connectivity index (χ0v) is 53.3. The summed E-state index contributed by atoms with van der Waals surface area (Å²) in [5.41, 5.74) is 12.3. The minimum absolute atomic E-state index is 0.0695. The van der Waals surface area contributed by atoms with Crippen LogP contribution < -0.4 is 16.0 Å². The van der Waals surface area contributed by atoms with Crippen LogP contribution in [0, 0.1) is 5.92 Å².